The lowest BCUT2D eigenvalue weighted by Gasteiger charge is -2.28. The van der Waals surface area contributed by atoms with E-state index in [1.54, 1.807) is 4.90 Å². The van der Waals surface area contributed by atoms with Gasteiger partial charge in [0.25, 0.3) is 0 Å². The number of amides is 2. The van der Waals surface area contributed by atoms with Crippen LogP contribution < -0.4 is 14.8 Å². The van der Waals surface area contributed by atoms with E-state index in [-0.39, 0.29) is 12.8 Å². The van der Waals surface area contributed by atoms with Crippen LogP contribution in [0.2, 0.25) is 0 Å². The lowest BCUT2D eigenvalue weighted by molar-refractivity contribution is 0.174. The van der Waals surface area contributed by atoms with E-state index in [9.17, 15) is 4.79 Å². The Morgan fingerprint density at radius 1 is 1.33 bits per heavy atom. The van der Waals surface area contributed by atoms with Crippen LogP contribution in [0.1, 0.15) is 22.6 Å². The van der Waals surface area contributed by atoms with Gasteiger partial charge in [0.2, 0.25) is 6.79 Å². The van der Waals surface area contributed by atoms with Gasteiger partial charge in [-0.1, -0.05) is 6.07 Å². The Hall–Kier alpha value is -2.83. The molecule has 0 fully saturated rings. The molecule has 7 nitrogen and oxygen atoms in total. The second kappa shape index (κ2) is 5.99. The molecule has 1 aromatic heterocycles. The average Bonchev–Trinajstić information content (AvgIpc) is 3.07. The topological polar surface area (TPSA) is 76.6 Å². The fourth-order valence-electron chi connectivity index (χ4n) is 2.93. The SMILES string of the molecule is Cc1ncc2c(n1)CCN(C(=O)NCc1ccc3c(c1)OCO3)C2. The fourth-order valence-corrected chi connectivity index (χ4v) is 2.93. The minimum atomic E-state index is -0.0844. The number of nitrogens with one attached hydrogen (secondary N) is 1. The van der Waals surface area contributed by atoms with Crippen molar-refractivity contribution in [3.63, 3.8) is 0 Å². The van der Waals surface area contributed by atoms with Crippen LogP contribution in [-0.4, -0.2) is 34.2 Å². The second-order valence-corrected chi connectivity index (χ2v) is 5.91. The van der Waals surface area contributed by atoms with E-state index in [2.05, 4.69) is 15.3 Å². The number of aromatic nitrogens is 2. The van der Waals surface area contributed by atoms with E-state index in [1.165, 1.54) is 0 Å². The highest BCUT2D eigenvalue weighted by molar-refractivity contribution is 5.74. The highest BCUT2D eigenvalue weighted by Gasteiger charge is 2.22. The van der Waals surface area contributed by atoms with E-state index in [0.717, 1.165) is 40.6 Å². The first-order chi connectivity index (χ1) is 11.7. The number of ether oxygens (including phenoxy) is 2. The lowest BCUT2D eigenvalue weighted by Crippen LogP contribution is -2.42. The minimum Gasteiger partial charge on any atom is -0.454 e. The number of benzene rings is 1. The first kappa shape index (κ1) is 14.7. The van der Waals surface area contributed by atoms with Gasteiger partial charge in [0.1, 0.15) is 5.82 Å². The Labute approximate surface area is 139 Å². The molecule has 2 aliphatic heterocycles. The molecule has 1 N–H and O–H groups in total. The number of nitrogens with zero attached hydrogens (tertiary/aromatic N) is 3. The van der Waals surface area contributed by atoms with Crippen LogP contribution in [0.25, 0.3) is 0 Å². The van der Waals surface area contributed by atoms with Crippen molar-refractivity contribution in [2.45, 2.75) is 26.4 Å². The van der Waals surface area contributed by atoms with Gasteiger partial charge in [-0.2, -0.15) is 0 Å². The number of carbonyl (C=O) groups is 1. The molecule has 0 aliphatic carbocycles. The molecule has 4 rings (SSSR count). The Kier molecular flexibility index (Phi) is 3.68. The van der Waals surface area contributed by atoms with Crippen molar-refractivity contribution in [3.05, 3.63) is 47.0 Å². The standard InChI is InChI=1S/C17H18N4O3/c1-11-18-8-13-9-21(5-4-14(13)20-11)17(22)19-7-12-2-3-15-16(6-12)24-10-23-15/h2-3,6,8H,4-5,7,9-10H2,1H3,(H,19,22). The number of carbonyl (C=O) groups excluding carboxylic acids is 1. The van der Waals surface area contributed by atoms with Gasteiger partial charge in [-0.15, -0.1) is 0 Å². The monoisotopic (exact) mass is 326 g/mol. The molecule has 0 atom stereocenters. The first-order valence-corrected chi connectivity index (χ1v) is 7.92. The Balaban J connectivity index is 1.37. The normalized spacial score (nSPS) is 15.1. The van der Waals surface area contributed by atoms with Gasteiger partial charge in [-0.3, -0.25) is 0 Å². The van der Waals surface area contributed by atoms with Crippen LogP contribution in [0.3, 0.4) is 0 Å². The summed E-state index contributed by atoms with van der Waals surface area (Å²) in [4.78, 5) is 22.8. The number of aryl methyl sites for hydroxylation is 1. The molecule has 2 aromatic rings. The molecular formula is C17H18N4O3. The Morgan fingerprint density at radius 2 is 2.21 bits per heavy atom. The molecule has 0 saturated heterocycles. The van der Waals surface area contributed by atoms with Gasteiger partial charge >= 0.3 is 6.03 Å². The highest BCUT2D eigenvalue weighted by atomic mass is 16.7. The van der Waals surface area contributed by atoms with Crippen molar-refractivity contribution < 1.29 is 14.3 Å². The summed E-state index contributed by atoms with van der Waals surface area (Å²) in [7, 11) is 0. The third-order valence-corrected chi connectivity index (χ3v) is 4.22. The second-order valence-electron chi connectivity index (χ2n) is 5.91. The summed E-state index contributed by atoms with van der Waals surface area (Å²) in [6.45, 7) is 3.78. The maximum absolute atomic E-state index is 12.4. The summed E-state index contributed by atoms with van der Waals surface area (Å²) in [5.74, 6) is 2.24. The zero-order valence-corrected chi connectivity index (χ0v) is 13.4. The zero-order chi connectivity index (χ0) is 16.5. The van der Waals surface area contributed by atoms with Crippen LogP contribution in [0.4, 0.5) is 4.79 Å². The summed E-state index contributed by atoms with van der Waals surface area (Å²) >= 11 is 0. The zero-order valence-electron chi connectivity index (χ0n) is 13.4. The molecule has 2 aliphatic rings. The minimum absolute atomic E-state index is 0.0844. The highest BCUT2D eigenvalue weighted by Crippen LogP contribution is 2.32. The molecule has 2 amide bonds. The molecule has 0 spiro atoms. The molecule has 0 bridgehead atoms. The van der Waals surface area contributed by atoms with Gasteiger partial charge < -0.3 is 19.7 Å². The van der Waals surface area contributed by atoms with E-state index in [0.29, 0.717) is 19.6 Å². The van der Waals surface area contributed by atoms with Crippen molar-refractivity contribution in [3.8, 4) is 11.5 Å². The smallest absolute Gasteiger partial charge is 0.317 e. The summed E-state index contributed by atoms with van der Waals surface area (Å²) < 4.78 is 10.6. The number of fused-ring (bicyclic) bond motifs is 2. The third kappa shape index (κ3) is 2.84. The number of hydrogen-bond acceptors (Lipinski definition) is 5. The first-order valence-electron chi connectivity index (χ1n) is 7.92. The van der Waals surface area contributed by atoms with Crippen LogP contribution in [0.15, 0.2) is 24.4 Å². The number of rotatable bonds is 2. The van der Waals surface area contributed by atoms with Crippen LogP contribution in [0.5, 0.6) is 11.5 Å². The maximum Gasteiger partial charge on any atom is 0.317 e. The van der Waals surface area contributed by atoms with Crippen LogP contribution >= 0.6 is 0 Å². The summed E-state index contributed by atoms with van der Waals surface area (Å²) in [6.07, 6.45) is 2.57. The molecule has 1 aromatic carbocycles. The quantitative estimate of drug-likeness (QED) is 0.910. The molecular weight excluding hydrogens is 308 g/mol. The maximum atomic E-state index is 12.4. The van der Waals surface area contributed by atoms with Crippen molar-refractivity contribution in [2.24, 2.45) is 0 Å². The van der Waals surface area contributed by atoms with Gasteiger partial charge in [-0.05, 0) is 24.6 Å². The van der Waals surface area contributed by atoms with Gasteiger partial charge in [0.05, 0.1) is 12.2 Å². The van der Waals surface area contributed by atoms with Crippen molar-refractivity contribution >= 4 is 6.03 Å². The molecule has 7 heteroatoms. The van der Waals surface area contributed by atoms with Crippen molar-refractivity contribution in [1.29, 1.82) is 0 Å². The third-order valence-electron chi connectivity index (χ3n) is 4.22. The van der Waals surface area contributed by atoms with Gasteiger partial charge in [0.15, 0.2) is 11.5 Å². The van der Waals surface area contributed by atoms with Crippen molar-refractivity contribution in [2.75, 3.05) is 13.3 Å². The predicted molar refractivity (Wildman–Crippen MR) is 85.7 cm³/mol. The fraction of sp³-hybridized carbons (Fsp3) is 0.353. The lowest BCUT2D eigenvalue weighted by atomic mass is 10.1. The van der Waals surface area contributed by atoms with Gasteiger partial charge in [-0.25, -0.2) is 14.8 Å². The Bertz CT molecular complexity index is 793. The van der Waals surface area contributed by atoms with Crippen LogP contribution in [0, 0.1) is 6.92 Å². The summed E-state index contributed by atoms with van der Waals surface area (Å²) in [6, 6.07) is 5.60. The van der Waals surface area contributed by atoms with Crippen molar-refractivity contribution in [1.82, 2.24) is 20.2 Å². The molecule has 3 heterocycles. The van der Waals surface area contributed by atoms with E-state index in [1.807, 2.05) is 31.3 Å². The number of urea groups is 1. The molecule has 0 unspecified atom stereocenters. The predicted octanol–water partition coefficient (Wildman–Crippen LogP) is 1.78. The molecule has 0 saturated carbocycles. The molecule has 124 valence electrons. The van der Waals surface area contributed by atoms with E-state index in [4.69, 9.17) is 9.47 Å². The number of hydrogen-bond donors (Lipinski definition) is 1. The van der Waals surface area contributed by atoms with Gasteiger partial charge in [0, 0.05) is 31.3 Å². The molecule has 0 radical (unpaired) electrons. The molecule has 24 heavy (non-hydrogen) atoms. The average molecular weight is 326 g/mol. The van der Waals surface area contributed by atoms with E-state index < -0.39 is 0 Å². The summed E-state index contributed by atoms with van der Waals surface area (Å²) in [5.41, 5.74) is 3.04. The Morgan fingerprint density at radius 3 is 3.12 bits per heavy atom. The summed E-state index contributed by atoms with van der Waals surface area (Å²) in [5, 5.41) is 2.95. The largest absolute Gasteiger partial charge is 0.454 e. The van der Waals surface area contributed by atoms with E-state index >= 15 is 0 Å². The van der Waals surface area contributed by atoms with Crippen LogP contribution in [-0.2, 0) is 19.5 Å².